The van der Waals surface area contributed by atoms with E-state index >= 15 is 0 Å². The number of rotatable bonds is 4. The molecule has 0 atom stereocenters. The molecule has 2 saturated heterocycles. The first-order chi connectivity index (χ1) is 11.2. The molecule has 0 bridgehead atoms. The van der Waals surface area contributed by atoms with Crippen LogP contribution in [0.3, 0.4) is 0 Å². The molecular weight excluding hydrogens is 328 g/mol. The lowest BCUT2D eigenvalue weighted by Gasteiger charge is -2.40. The van der Waals surface area contributed by atoms with Crippen molar-refractivity contribution in [3.05, 3.63) is 10.6 Å². The molecule has 0 aliphatic carbocycles. The van der Waals surface area contributed by atoms with Gasteiger partial charge in [0, 0.05) is 50.3 Å². The molecule has 23 heavy (non-hydrogen) atoms. The molecule has 3 heterocycles. The number of aromatic nitrogens is 1. The average molecular weight is 355 g/mol. The van der Waals surface area contributed by atoms with Crippen LogP contribution in [-0.4, -0.2) is 71.0 Å². The molecule has 1 N–H and O–H groups in total. The molecule has 128 valence electrons. The minimum absolute atomic E-state index is 0.164. The number of likely N-dealkylation sites (tertiary alicyclic amines) is 1. The second kappa shape index (κ2) is 7.85. The van der Waals surface area contributed by atoms with Crippen molar-refractivity contribution in [3.63, 3.8) is 0 Å². The number of carbonyl (C=O) groups is 1. The number of carbonyl (C=O) groups excluding carboxylic acids is 1. The monoisotopic (exact) mass is 354 g/mol. The summed E-state index contributed by atoms with van der Waals surface area (Å²) in [6.07, 6.45) is 2.21. The summed E-state index contributed by atoms with van der Waals surface area (Å²) in [5, 5.41) is 4.06. The Morgan fingerprint density at radius 2 is 1.96 bits per heavy atom. The summed E-state index contributed by atoms with van der Waals surface area (Å²) in [6.45, 7) is 8.99. The molecule has 3 rings (SSSR count). The highest BCUT2D eigenvalue weighted by Gasteiger charge is 2.29. The van der Waals surface area contributed by atoms with E-state index in [1.807, 2.05) is 18.7 Å². The summed E-state index contributed by atoms with van der Waals surface area (Å²) in [6, 6.07) is 0.667. The van der Waals surface area contributed by atoms with Crippen molar-refractivity contribution < 1.29 is 4.79 Å². The van der Waals surface area contributed by atoms with Crippen molar-refractivity contribution in [1.29, 1.82) is 0 Å². The maximum Gasteiger partial charge on any atom is 0.265 e. The summed E-state index contributed by atoms with van der Waals surface area (Å²) in [5.41, 5.74) is 0.853. The van der Waals surface area contributed by atoms with Crippen LogP contribution in [0.25, 0.3) is 0 Å². The summed E-state index contributed by atoms with van der Waals surface area (Å²) in [7, 11) is 0. The van der Waals surface area contributed by atoms with Gasteiger partial charge in [-0.1, -0.05) is 11.3 Å². The van der Waals surface area contributed by atoms with Crippen molar-refractivity contribution in [2.45, 2.75) is 32.7 Å². The second-order valence-electron chi connectivity index (χ2n) is 6.14. The smallest absolute Gasteiger partial charge is 0.265 e. The third-order valence-corrected chi connectivity index (χ3v) is 6.68. The fourth-order valence-corrected chi connectivity index (χ4v) is 5.28. The van der Waals surface area contributed by atoms with Crippen molar-refractivity contribution in [2.24, 2.45) is 0 Å². The van der Waals surface area contributed by atoms with Crippen LogP contribution in [0.2, 0.25) is 0 Å². The highest BCUT2D eigenvalue weighted by Crippen LogP contribution is 2.26. The van der Waals surface area contributed by atoms with Gasteiger partial charge in [-0.15, -0.1) is 0 Å². The van der Waals surface area contributed by atoms with Gasteiger partial charge in [0.25, 0.3) is 5.91 Å². The molecular formula is C16H26N4OS2. The number of aryl methyl sites for hydroxylation is 1. The van der Waals surface area contributed by atoms with E-state index in [0.29, 0.717) is 6.04 Å². The van der Waals surface area contributed by atoms with E-state index in [1.54, 1.807) is 0 Å². The van der Waals surface area contributed by atoms with Gasteiger partial charge in [0.1, 0.15) is 4.88 Å². The van der Waals surface area contributed by atoms with Crippen LogP contribution in [0.1, 0.15) is 35.1 Å². The van der Waals surface area contributed by atoms with Gasteiger partial charge in [-0.2, -0.15) is 11.8 Å². The molecule has 2 aliphatic heterocycles. The number of hydrogen-bond donors (Lipinski definition) is 1. The van der Waals surface area contributed by atoms with E-state index in [4.69, 9.17) is 0 Å². The summed E-state index contributed by atoms with van der Waals surface area (Å²) >= 11 is 3.54. The lowest BCUT2D eigenvalue weighted by atomic mass is 10.0. The molecule has 7 heteroatoms. The van der Waals surface area contributed by atoms with Gasteiger partial charge in [0.05, 0.1) is 5.69 Å². The van der Waals surface area contributed by atoms with Crippen molar-refractivity contribution >= 4 is 34.1 Å². The molecule has 5 nitrogen and oxygen atoms in total. The van der Waals surface area contributed by atoms with Gasteiger partial charge in [0.2, 0.25) is 0 Å². The average Bonchev–Trinajstić information content (AvgIpc) is 2.96. The predicted molar refractivity (Wildman–Crippen MR) is 98.8 cm³/mol. The number of anilines is 1. The molecule has 0 spiro atoms. The zero-order valence-corrected chi connectivity index (χ0v) is 15.6. The highest BCUT2D eigenvalue weighted by molar-refractivity contribution is 7.99. The van der Waals surface area contributed by atoms with E-state index in [0.717, 1.165) is 48.2 Å². The molecule has 2 aliphatic rings. The summed E-state index contributed by atoms with van der Waals surface area (Å²) < 4.78 is 0. The quantitative estimate of drug-likeness (QED) is 0.900. The van der Waals surface area contributed by atoms with Gasteiger partial charge in [-0.3, -0.25) is 9.69 Å². The topological polar surface area (TPSA) is 48.5 Å². The van der Waals surface area contributed by atoms with Gasteiger partial charge in [-0.05, 0) is 26.7 Å². The fourth-order valence-electron chi connectivity index (χ4n) is 3.34. The van der Waals surface area contributed by atoms with Crippen LogP contribution >= 0.6 is 23.1 Å². The first kappa shape index (κ1) is 17.0. The number of amides is 1. The van der Waals surface area contributed by atoms with Crippen LogP contribution < -0.4 is 5.32 Å². The Morgan fingerprint density at radius 3 is 2.61 bits per heavy atom. The highest BCUT2D eigenvalue weighted by atomic mass is 32.2. The molecule has 1 aromatic heterocycles. The van der Waals surface area contributed by atoms with E-state index in [-0.39, 0.29) is 5.91 Å². The number of hydrogen-bond acceptors (Lipinski definition) is 6. The molecule has 0 aromatic carbocycles. The first-order valence-electron chi connectivity index (χ1n) is 8.51. The minimum Gasteiger partial charge on any atom is -0.362 e. The number of nitrogens with zero attached hydrogens (tertiary/aromatic N) is 3. The first-order valence-corrected chi connectivity index (χ1v) is 10.5. The van der Waals surface area contributed by atoms with Crippen molar-refractivity contribution in [2.75, 3.05) is 49.5 Å². The summed E-state index contributed by atoms with van der Waals surface area (Å²) in [5.74, 6) is 2.68. The Hall–Kier alpha value is -0.790. The fraction of sp³-hybridized carbons (Fsp3) is 0.750. The SMILES string of the molecule is CCNc1nc(C)c(C(=O)N2CCC(N3CCSCC3)CC2)s1. The Bertz CT molecular complexity index is 534. The number of piperidine rings is 1. The molecule has 0 radical (unpaired) electrons. The molecule has 1 amide bonds. The zero-order chi connectivity index (χ0) is 16.2. The van der Waals surface area contributed by atoms with Crippen LogP contribution in [-0.2, 0) is 0 Å². The van der Waals surface area contributed by atoms with Crippen molar-refractivity contribution in [1.82, 2.24) is 14.8 Å². The van der Waals surface area contributed by atoms with E-state index < -0.39 is 0 Å². The zero-order valence-electron chi connectivity index (χ0n) is 14.0. The van der Waals surface area contributed by atoms with Crippen molar-refractivity contribution in [3.8, 4) is 0 Å². The summed E-state index contributed by atoms with van der Waals surface area (Å²) in [4.78, 5) is 22.7. The standard InChI is InChI=1S/C16H26N4OS2/c1-3-17-16-18-12(2)14(23-16)15(21)20-6-4-13(5-7-20)19-8-10-22-11-9-19/h13H,3-11H2,1-2H3,(H,17,18). The van der Waals surface area contributed by atoms with E-state index in [9.17, 15) is 4.79 Å². The lowest BCUT2D eigenvalue weighted by molar-refractivity contribution is 0.0634. The number of nitrogens with one attached hydrogen (secondary N) is 1. The maximum absolute atomic E-state index is 12.8. The Balaban J connectivity index is 1.57. The Morgan fingerprint density at radius 1 is 1.26 bits per heavy atom. The Kier molecular flexibility index (Phi) is 5.82. The van der Waals surface area contributed by atoms with E-state index in [1.165, 1.54) is 35.9 Å². The lowest BCUT2D eigenvalue weighted by Crippen LogP contribution is -2.49. The third kappa shape index (κ3) is 4.00. The molecule has 1 aromatic rings. The van der Waals surface area contributed by atoms with Crippen LogP contribution in [0, 0.1) is 6.92 Å². The Labute approximate surface area is 146 Å². The molecule has 2 fully saturated rings. The van der Waals surface area contributed by atoms with Gasteiger partial charge in [0.15, 0.2) is 5.13 Å². The van der Waals surface area contributed by atoms with Gasteiger partial charge < -0.3 is 10.2 Å². The third-order valence-electron chi connectivity index (χ3n) is 4.63. The largest absolute Gasteiger partial charge is 0.362 e. The minimum atomic E-state index is 0.164. The van der Waals surface area contributed by atoms with Crippen LogP contribution in [0.5, 0.6) is 0 Å². The molecule has 0 saturated carbocycles. The second-order valence-corrected chi connectivity index (χ2v) is 8.36. The van der Waals surface area contributed by atoms with E-state index in [2.05, 4.69) is 27.0 Å². The van der Waals surface area contributed by atoms with Crippen LogP contribution in [0.15, 0.2) is 0 Å². The maximum atomic E-state index is 12.8. The number of thioether (sulfide) groups is 1. The molecule has 0 unspecified atom stereocenters. The van der Waals surface area contributed by atoms with Gasteiger partial charge >= 0.3 is 0 Å². The predicted octanol–water partition coefficient (Wildman–Crippen LogP) is 2.54. The van der Waals surface area contributed by atoms with Crippen LogP contribution in [0.4, 0.5) is 5.13 Å². The van der Waals surface area contributed by atoms with Gasteiger partial charge in [-0.25, -0.2) is 4.98 Å². The normalized spacial score (nSPS) is 20.7. The number of thiazole rings is 1.